The van der Waals surface area contributed by atoms with E-state index in [1.165, 1.54) is 17.5 Å². The average molecular weight is 388 g/mol. The molecule has 0 N–H and O–H groups in total. The monoisotopic (exact) mass is 387 g/mol. The maximum atomic E-state index is 13.7. The fourth-order valence-electron chi connectivity index (χ4n) is 4.47. The summed E-state index contributed by atoms with van der Waals surface area (Å²) in [6.07, 6.45) is 8.07. The summed E-state index contributed by atoms with van der Waals surface area (Å²) in [5, 5.41) is 0. The van der Waals surface area contributed by atoms with Crippen LogP contribution >= 0.6 is 0 Å². The maximum absolute atomic E-state index is 13.7. The number of carbonyl (C=O) groups is 1. The zero-order valence-corrected chi connectivity index (χ0v) is 17.3. The third-order valence-corrected chi connectivity index (χ3v) is 6.09. The highest BCUT2D eigenvalue weighted by Crippen LogP contribution is 2.32. The first-order chi connectivity index (χ1) is 14.1. The number of amides is 1. The summed E-state index contributed by atoms with van der Waals surface area (Å²) in [4.78, 5) is 19.9. The van der Waals surface area contributed by atoms with E-state index in [4.69, 9.17) is 0 Å². The van der Waals surface area contributed by atoms with Crippen molar-refractivity contribution in [3.8, 4) is 0 Å². The molecule has 1 atom stereocenters. The number of benzene rings is 1. The van der Waals surface area contributed by atoms with Gasteiger partial charge in [0.25, 0.3) is 5.91 Å². The quantitative estimate of drug-likeness (QED) is 0.609. The van der Waals surface area contributed by atoms with Crippen molar-refractivity contribution in [3.63, 3.8) is 0 Å². The number of hydrogen-bond acceptors (Lipinski definition) is 2. The minimum atomic E-state index is 0.130. The van der Waals surface area contributed by atoms with Crippen LogP contribution in [0.15, 0.2) is 60.9 Å². The molecule has 0 spiro atoms. The molecule has 1 saturated heterocycles. The minimum Gasteiger partial charge on any atom is -0.344 e. The molecule has 4 nitrogen and oxygen atoms in total. The highest BCUT2D eigenvalue weighted by atomic mass is 16.2. The number of nitrogens with zero attached hydrogens (tertiary/aromatic N) is 3. The van der Waals surface area contributed by atoms with E-state index in [1.54, 1.807) is 0 Å². The van der Waals surface area contributed by atoms with Crippen LogP contribution in [0.4, 0.5) is 0 Å². The molecule has 1 aliphatic rings. The van der Waals surface area contributed by atoms with Crippen molar-refractivity contribution in [1.82, 2.24) is 14.5 Å². The molecule has 150 valence electrons. The van der Waals surface area contributed by atoms with Gasteiger partial charge < -0.3 is 9.47 Å². The second-order valence-electron chi connectivity index (χ2n) is 8.00. The summed E-state index contributed by atoms with van der Waals surface area (Å²) in [5.41, 5.74) is 5.45. The SMILES string of the molecule is Cc1cc(C(=O)N2CCCCCC2c2ccncc2)c(C)n1Cc1ccccc1. The molecule has 3 heterocycles. The number of hydrogen-bond donors (Lipinski definition) is 0. The summed E-state index contributed by atoms with van der Waals surface area (Å²) in [6.45, 7) is 5.77. The van der Waals surface area contributed by atoms with Gasteiger partial charge in [-0.05, 0) is 56.0 Å². The Balaban J connectivity index is 1.65. The van der Waals surface area contributed by atoms with Crippen LogP contribution in [0.5, 0.6) is 0 Å². The highest BCUT2D eigenvalue weighted by molar-refractivity contribution is 5.96. The summed E-state index contributed by atoms with van der Waals surface area (Å²) >= 11 is 0. The second-order valence-corrected chi connectivity index (χ2v) is 8.00. The van der Waals surface area contributed by atoms with Crippen LogP contribution in [-0.4, -0.2) is 26.9 Å². The summed E-state index contributed by atoms with van der Waals surface area (Å²) in [6, 6.07) is 16.7. The molecule has 0 saturated carbocycles. The van der Waals surface area contributed by atoms with Crippen molar-refractivity contribution >= 4 is 5.91 Å². The van der Waals surface area contributed by atoms with E-state index in [1.807, 2.05) is 18.5 Å². The molecule has 4 heteroatoms. The molecule has 0 aliphatic carbocycles. The normalized spacial score (nSPS) is 17.2. The Kier molecular flexibility index (Phi) is 5.79. The molecule has 1 amide bonds. The van der Waals surface area contributed by atoms with Gasteiger partial charge in [-0.25, -0.2) is 0 Å². The fourth-order valence-corrected chi connectivity index (χ4v) is 4.47. The van der Waals surface area contributed by atoms with Crippen LogP contribution in [-0.2, 0) is 6.54 Å². The zero-order valence-electron chi connectivity index (χ0n) is 17.3. The fraction of sp³-hybridized carbons (Fsp3) is 0.360. The van der Waals surface area contributed by atoms with Crippen molar-refractivity contribution in [2.45, 2.75) is 52.1 Å². The molecule has 3 aromatic rings. The van der Waals surface area contributed by atoms with E-state index in [0.29, 0.717) is 0 Å². The lowest BCUT2D eigenvalue weighted by Crippen LogP contribution is -2.35. The Morgan fingerprint density at radius 3 is 2.55 bits per heavy atom. The first-order valence-electron chi connectivity index (χ1n) is 10.6. The molecule has 2 aromatic heterocycles. The summed E-state index contributed by atoms with van der Waals surface area (Å²) in [7, 11) is 0. The molecule has 0 radical (unpaired) electrons. The van der Waals surface area contributed by atoms with Crippen LogP contribution in [0.25, 0.3) is 0 Å². The third-order valence-electron chi connectivity index (χ3n) is 6.09. The van der Waals surface area contributed by atoms with Gasteiger partial charge in [-0.15, -0.1) is 0 Å². The Hall–Kier alpha value is -2.88. The van der Waals surface area contributed by atoms with Crippen molar-refractivity contribution in [1.29, 1.82) is 0 Å². The van der Waals surface area contributed by atoms with E-state index in [9.17, 15) is 4.79 Å². The lowest BCUT2D eigenvalue weighted by atomic mass is 10.0. The Labute approximate surface area is 173 Å². The largest absolute Gasteiger partial charge is 0.344 e. The standard InChI is InChI=1S/C25H29N3O/c1-19-17-23(20(2)28(19)18-21-9-5-3-6-10-21)25(29)27-16-8-4-7-11-24(27)22-12-14-26-15-13-22/h3,5-6,9-10,12-15,17,24H,4,7-8,11,16,18H2,1-2H3. The average Bonchev–Trinajstić information content (AvgIpc) is 2.93. The first kappa shape index (κ1) is 19.4. The third kappa shape index (κ3) is 4.12. The molecule has 1 aromatic carbocycles. The van der Waals surface area contributed by atoms with E-state index in [0.717, 1.165) is 49.3 Å². The van der Waals surface area contributed by atoms with Gasteiger partial charge in [-0.2, -0.15) is 0 Å². The first-order valence-corrected chi connectivity index (χ1v) is 10.6. The number of carbonyl (C=O) groups excluding carboxylic acids is 1. The van der Waals surface area contributed by atoms with Gasteiger partial charge in [0.1, 0.15) is 0 Å². The molecular weight excluding hydrogens is 358 g/mol. The van der Waals surface area contributed by atoms with Gasteiger partial charge in [0, 0.05) is 36.9 Å². The Bertz CT molecular complexity index is 962. The van der Waals surface area contributed by atoms with Crippen molar-refractivity contribution < 1.29 is 4.79 Å². The molecular formula is C25H29N3O. The lowest BCUT2D eigenvalue weighted by Gasteiger charge is -2.30. The Morgan fingerprint density at radius 2 is 1.79 bits per heavy atom. The molecule has 1 unspecified atom stereocenters. The van der Waals surface area contributed by atoms with Crippen molar-refractivity contribution in [2.75, 3.05) is 6.54 Å². The van der Waals surface area contributed by atoms with Gasteiger partial charge in [0.15, 0.2) is 0 Å². The summed E-state index contributed by atoms with van der Waals surface area (Å²) < 4.78 is 2.25. The number of aromatic nitrogens is 2. The number of aryl methyl sites for hydroxylation is 1. The molecule has 29 heavy (non-hydrogen) atoms. The smallest absolute Gasteiger partial charge is 0.256 e. The van der Waals surface area contributed by atoms with Crippen LogP contribution in [0.3, 0.4) is 0 Å². The number of rotatable bonds is 4. The highest BCUT2D eigenvalue weighted by Gasteiger charge is 2.29. The lowest BCUT2D eigenvalue weighted by molar-refractivity contribution is 0.0680. The van der Waals surface area contributed by atoms with Crippen LogP contribution in [0.2, 0.25) is 0 Å². The van der Waals surface area contributed by atoms with Gasteiger partial charge in [0.05, 0.1) is 11.6 Å². The van der Waals surface area contributed by atoms with Gasteiger partial charge in [0.2, 0.25) is 0 Å². The van der Waals surface area contributed by atoms with E-state index in [-0.39, 0.29) is 11.9 Å². The van der Waals surface area contributed by atoms with E-state index in [2.05, 4.69) is 70.8 Å². The van der Waals surface area contributed by atoms with Crippen molar-refractivity contribution in [3.05, 3.63) is 89.0 Å². The molecule has 1 fully saturated rings. The van der Waals surface area contributed by atoms with Crippen LogP contribution in [0.1, 0.15) is 64.6 Å². The number of pyridine rings is 1. The zero-order chi connectivity index (χ0) is 20.2. The molecule has 4 rings (SSSR count). The molecule has 1 aliphatic heterocycles. The van der Waals surface area contributed by atoms with E-state index < -0.39 is 0 Å². The van der Waals surface area contributed by atoms with E-state index >= 15 is 0 Å². The number of likely N-dealkylation sites (tertiary alicyclic amines) is 1. The van der Waals surface area contributed by atoms with Gasteiger partial charge in [-0.1, -0.05) is 43.2 Å². The van der Waals surface area contributed by atoms with Gasteiger partial charge >= 0.3 is 0 Å². The molecule has 0 bridgehead atoms. The van der Waals surface area contributed by atoms with Gasteiger partial charge in [-0.3, -0.25) is 9.78 Å². The van der Waals surface area contributed by atoms with Crippen molar-refractivity contribution in [2.24, 2.45) is 0 Å². The Morgan fingerprint density at radius 1 is 1.03 bits per heavy atom. The van der Waals surface area contributed by atoms with Crippen LogP contribution in [0, 0.1) is 13.8 Å². The predicted molar refractivity (Wildman–Crippen MR) is 116 cm³/mol. The van der Waals surface area contributed by atoms with Crippen LogP contribution < -0.4 is 0 Å². The minimum absolute atomic E-state index is 0.130. The maximum Gasteiger partial charge on any atom is 0.256 e. The predicted octanol–water partition coefficient (Wildman–Crippen LogP) is 5.31. The topological polar surface area (TPSA) is 38.1 Å². The summed E-state index contributed by atoms with van der Waals surface area (Å²) in [5.74, 6) is 0.154. The second kappa shape index (κ2) is 8.64.